The van der Waals surface area contributed by atoms with Gasteiger partial charge in [-0.1, -0.05) is 0 Å². The maximum Gasteiger partial charge on any atom is 0.192 e. The van der Waals surface area contributed by atoms with Crippen molar-refractivity contribution in [2.45, 2.75) is 13.2 Å². The van der Waals surface area contributed by atoms with Gasteiger partial charge >= 0.3 is 0 Å². The van der Waals surface area contributed by atoms with E-state index in [4.69, 9.17) is 10.5 Å². The Hall–Kier alpha value is -0.580. The molecule has 0 radical (unpaired) electrons. The summed E-state index contributed by atoms with van der Waals surface area (Å²) in [5.41, 5.74) is 7.27. The van der Waals surface area contributed by atoms with Crippen LogP contribution in [-0.2, 0) is 4.74 Å². The zero-order valence-corrected chi connectivity index (χ0v) is 7.31. The van der Waals surface area contributed by atoms with Gasteiger partial charge in [0, 0.05) is 7.11 Å². The van der Waals surface area contributed by atoms with Crippen LogP contribution in [-0.4, -0.2) is 12.2 Å². The number of aryl methyl sites for hydroxylation is 1. The second-order valence-corrected chi connectivity index (χ2v) is 3.20. The summed E-state index contributed by atoms with van der Waals surface area (Å²) in [4.78, 5) is 0.685. The zero-order chi connectivity index (χ0) is 8.43. The molecule has 3 N–H and O–H groups in total. The van der Waals surface area contributed by atoms with Gasteiger partial charge in [0.1, 0.15) is 0 Å². The summed E-state index contributed by atoms with van der Waals surface area (Å²) >= 11 is 1.41. The molecule has 0 aliphatic heterocycles. The number of nitrogen functional groups attached to an aromatic ring is 1. The average Bonchev–Trinajstić information content (AvgIpc) is 2.32. The van der Waals surface area contributed by atoms with E-state index >= 15 is 0 Å². The Labute approximate surface area is 69.4 Å². The summed E-state index contributed by atoms with van der Waals surface area (Å²) in [7, 11) is 1.44. The number of nitrogens with two attached hydrogens (primary N) is 1. The lowest BCUT2D eigenvalue weighted by Crippen LogP contribution is -2.00. The van der Waals surface area contributed by atoms with E-state index < -0.39 is 6.29 Å². The summed E-state index contributed by atoms with van der Waals surface area (Å²) in [6.07, 6.45) is -0.881. The SMILES string of the molecule is COC(O)c1scc(C)c1N. The Morgan fingerprint density at radius 3 is 2.73 bits per heavy atom. The molecular formula is C7H11NO2S. The van der Waals surface area contributed by atoms with E-state index in [1.807, 2.05) is 12.3 Å². The quantitative estimate of drug-likeness (QED) is 0.662. The normalized spacial score (nSPS) is 13.4. The van der Waals surface area contributed by atoms with Crippen LogP contribution in [0.5, 0.6) is 0 Å². The van der Waals surface area contributed by atoms with Crippen LogP contribution in [0.1, 0.15) is 16.7 Å². The minimum Gasteiger partial charge on any atom is -0.397 e. The van der Waals surface area contributed by atoms with Crippen LogP contribution in [0.3, 0.4) is 0 Å². The van der Waals surface area contributed by atoms with Gasteiger partial charge < -0.3 is 15.6 Å². The van der Waals surface area contributed by atoms with Gasteiger partial charge in [-0.2, -0.15) is 0 Å². The highest BCUT2D eigenvalue weighted by Gasteiger charge is 2.12. The highest BCUT2D eigenvalue weighted by molar-refractivity contribution is 7.10. The summed E-state index contributed by atoms with van der Waals surface area (Å²) in [6, 6.07) is 0. The van der Waals surface area contributed by atoms with Gasteiger partial charge in [0.05, 0.1) is 10.6 Å². The maximum atomic E-state index is 9.23. The van der Waals surface area contributed by atoms with Crippen LogP contribution in [0, 0.1) is 6.92 Å². The van der Waals surface area contributed by atoms with E-state index in [1.54, 1.807) is 0 Å². The first kappa shape index (κ1) is 8.52. The van der Waals surface area contributed by atoms with Gasteiger partial charge in [-0.15, -0.1) is 11.3 Å². The van der Waals surface area contributed by atoms with E-state index in [2.05, 4.69) is 0 Å². The molecule has 0 spiro atoms. The van der Waals surface area contributed by atoms with Gasteiger partial charge in [-0.05, 0) is 17.9 Å². The van der Waals surface area contributed by atoms with Crippen molar-refractivity contribution in [2.24, 2.45) is 0 Å². The molecule has 1 heterocycles. The standard InChI is InChI=1S/C7H11NO2S/c1-4-3-11-6(5(4)8)7(9)10-2/h3,7,9H,8H2,1-2H3. The van der Waals surface area contributed by atoms with E-state index in [-0.39, 0.29) is 0 Å². The van der Waals surface area contributed by atoms with Gasteiger partial charge in [-0.3, -0.25) is 0 Å². The number of aliphatic hydroxyl groups is 1. The minimum atomic E-state index is -0.881. The second kappa shape index (κ2) is 3.21. The van der Waals surface area contributed by atoms with Crippen molar-refractivity contribution in [1.82, 2.24) is 0 Å². The van der Waals surface area contributed by atoms with Crippen molar-refractivity contribution in [3.8, 4) is 0 Å². The molecule has 0 fully saturated rings. The molecule has 1 unspecified atom stereocenters. The molecule has 0 saturated heterocycles. The Balaban J connectivity index is 2.94. The molecule has 0 aliphatic rings. The molecule has 0 bridgehead atoms. The average molecular weight is 173 g/mol. The molecule has 1 atom stereocenters. The fraction of sp³-hybridized carbons (Fsp3) is 0.429. The predicted molar refractivity (Wildman–Crippen MR) is 45.4 cm³/mol. The van der Waals surface area contributed by atoms with Crippen molar-refractivity contribution < 1.29 is 9.84 Å². The first-order chi connectivity index (χ1) is 5.16. The van der Waals surface area contributed by atoms with E-state index in [1.165, 1.54) is 18.4 Å². The molecule has 1 aromatic heterocycles. The van der Waals surface area contributed by atoms with E-state index in [0.29, 0.717) is 10.6 Å². The van der Waals surface area contributed by atoms with Crippen molar-refractivity contribution in [3.63, 3.8) is 0 Å². The lowest BCUT2D eigenvalue weighted by Gasteiger charge is -2.06. The number of aliphatic hydroxyl groups excluding tert-OH is 1. The van der Waals surface area contributed by atoms with Crippen LogP contribution >= 0.6 is 11.3 Å². The van der Waals surface area contributed by atoms with Gasteiger partial charge in [0.25, 0.3) is 0 Å². The summed E-state index contributed by atoms with van der Waals surface area (Å²) < 4.78 is 4.72. The monoisotopic (exact) mass is 173 g/mol. The number of hydrogen-bond acceptors (Lipinski definition) is 4. The minimum absolute atomic E-state index is 0.629. The molecule has 0 amide bonds. The Morgan fingerprint density at radius 2 is 2.36 bits per heavy atom. The third kappa shape index (κ3) is 1.53. The Bertz CT molecular complexity index is 247. The van der Waals surface area contributed by atoms with Crippen LogP contribution < -0.4 is 5.73 Å². The molecular weight excluding hydrogens is 162 g/mol. The van der Waals surface area contributed by atoms with Crippen LogP contribution in [0.25, 0.3) is 0 Å². The Morgan fingerprint density at radius 1 is 1.73 bits per heavy atom. The van der Waals surface area contributed by atoms with Crippen molar-refractivity contribution in [1.29, 1.82) is 0 Å². The molecule has 0 aromatic carbocycles. The molecule has 4 heteroatoms. The largest absolute Gasteiger partial charge is 0.397 e. The second-order valence-electron chi connectivity index (χ2n) is 2.28. The van der Waals surface area contributed by atoms with Crippen LogP contribution in [0.4, 0.5) is 5.69 Å². The highest BCUT2D eigenvalue weighted by Crippen LogP contribution is 2.30. The van der Waals surface area contributed by atoms with Crippen molar-refractivity contribution in [2.75, 3.05) is 12.8 Å². The molecule has 11 heavy (non-hydrogen) atoms. The third-order valence-electron chi connectivity index (χ3n) is 1.50. The smallest absolute Gasteiger partial charge is 0.192 e. The first-order valence-electron chi connectivity index (χ1n) is 3.21. The lowest BCUT2D eigenvalue weighted by molar-refractivity contribution is -0.0738. The highest BCUT2D eigenvalue weighted by atomic mass is 32.1. The van der Waals surface area contributed by atoms with E-state index in [0.717, 1.165) is 5.56 Å². The maximum absolute atomic E-state index is 9.23. The molecule has 0 aliphatic carbocycles. The lowest BCUT2D eigenvalue weighted by atomic mass is 10.3. The summed E-state index contributed by atoms with van der Waals surface area (Å²) in [5, 5.41) is 11.1. The zero-order valence-electron chi connectivity index (χ0n) is 6.50. The van der Waals surface area contributed by atoms with Crippen LogP contribution in [0.15, 0.2) is 5.38 Å². The fourth-order valence-electron chi connectivity index (χ4n) is 0.771. The topological polar surface area (TPSA) is 55.5 Å². The van der Waals surface area contributed by atoms with Crippen LogP contribution in [0.2, 0.25) is 0 Å². The molecule has 1 aromatic rings. The molecule has 62 valence electrons. The molecule has 0 saturated carbocycles. The predicted octanol–water partition coefficient (Wildman–Crippen LogP) is 1.28. The summed E-state index contributed by atoms with van der Waals surface area (Å²) in [5.74, 6) is 0. The first-order valence-corrected chi connectivity index (χ1v) is 4.09. The number of rotatable bonds is 2. The number of ether oxygens (including phenoxy) is 1. The number of methoxy groups -OCH3 is 1. The molecule has 1 rings (SSSR count). The number of anilines is 1. The van der Waals surface area contributed by atoms with Gasteiger partial charge in [-0.25, -0.2) is 0 Å². The third-order valence-corrected chi connectivity index (χ3v) is 2.65. The number of thiophene rings is 1. The summed E-state index contributed by atoms with van der Waals surface area (Å²) in [6.45, 7) is 1.90. The number of hydrogen-bond donors (Lipinski definition) is 2. The van der Waals surface area contributed by atoms with Crippen molar-refractivity contribution >= 4 is 17.0 Å². The molecule has 3 nitrogen and oxygen atoms in total. The van der Waals surface area contributed by atoms with Crippen molar-refractivity contribution in [3.05, 3.63) is 15.8 Å². The Kier molecular flexibility index (Phi) is 2.49. The van der Waals surface area contributed by atoms with Gasteiger partial charge in [0.15, 0.2) is 6.29 Å². The fourth-order valence-corrected chi connectivity index (χ4v) is 1.70. The van der Waals surface area contributed by atoms with E-state index in [9.17, 15) is 5.11 Å². The van der Waals surface area contributed by atoms with Gasteiger partial charge in [0.2, 0.25) is 0 Å².